The van der Waals surface area contributed by atoms with E-state index >= 15 is 0 Å². The number of hydrogen-bond donors (Lipinski definition) is 2. The van der Waals surface area contributed by atoms with E-state index in [1.54, 1.807) is 0 Å². The number of aliphatic carboxylic acids is 1. The van der Waals surface area contributed by atoms with E-state index < -0.39 is 23.7 Å². The number of carbonyl (C=O) groups is 2. The molecule has 7 heteroatoms. The second-order valence-electron chi connectivity index (χ2n) is 5.19. The highest BCUT2D eigenvalue weighted by molar-refractivity contribution is 5.85. The van der Waals surface area contributed by atoms with E-state index in [0.29, 0.717) is 12.5 Å². The highest BCUT2D eigenvalue weighted by Crippen LogP contribution is 2.28. The van der Waals surface area contributed by atoms with Crippen LogP contribution in [0.5, 0.6) is 5.75 Å². The van der Waals surface area contributed by atoms with Crippen LogP contribution in [0.3, 0.4) is 0 Å². The van der Waals surface area contributed by atoms with E-state index in [1.165, 1.54) is 19.2 Å². The summed E-state index contributed by atoms with van der Waals surface area (Å²) in [4.78, 5) is 23.0. The van der Waals surface area contributed by atoms with Crippen LogP contribution in [0.2, 0.25) is 0 Å². The lowest BCUT2D eigenvalue weighted by Gasteiger charge is -2.15. The van der Waals surface area contributed by atoms with Gasteiger partial charge in [-0.1, -0.05) is 6.07 Å². The molecule has 0 bridgehead atoms. The van der Waals surface area contributed by atoms with Crippen molar-refractivity contribution in [3.8, 4) is 5.75 Å². The normalized spacial score (nSPS) is 15.2. The van der Waals surface area contributed by atoms with Crippen LogP contribution in [0, 0.1) is 11.7 Å². The lowest BCUT2D eigenvalue weighted by Crippen LogP contribution is -2.36. The Labute approximate surface area is 127 Å². The molecule has 2 rings (SSSR count). The number of carbonyl (C=O) groups excluding carboxylic acids is 1. The van der Waals surface area contributed by atoms with Gasteiger partial charge in [-0.15, -0.1) is 0 Å². The SMILES string of the molecule is COc1ccc(C(NC(=O)COCC2CC2)C(=O)O)cc1F. The van der Waals surface area contributed by atoms with Gasteiger partial charge in [0.1, 0.15) is 6.61 Å². The molecule has 1 aromatic carbocycles. The Bertz CT molecular complexity index is 559. The number of hydrogen-bond acceptors (Lipinski definition) is 4. The van der Waals surface area contributed by atoms with Gasteiger partial charge in [-0.2, -0.15) is 0 Å². The summed E-state index contributed by atoms with van der Waals surface area (Å²) in [6.45, 7) is 0.293. The molecule has 120 valence electrons. The summed E-state index contributed by atoms with van der Waals surface area (Å²) in [6.07, 6.45) is 2.20. The fourth-order valence-corrected chi connectivity index (χ4v) is 1.96. The Hall–Kier alpha value is -2.15. The van der Waals surface area contributed by atoms with Gasteiger partial charge in [0.2, 0.25) is 5.91 Å². The maximum Gasteiger partial charge on any atom is 0.330 e. The van der Waals surface area contributed by atoms with Crippen LogP contribution in [0.25, 0.3) is 0 Å². The molecule has 0 saturated heterocycles. The fourth-order valence-electron chi connectivity index (χ4n) is 1.96. The Morgan fingerprint density at radius 1 is 1.45 bits per heavy atom. The van der Waals surface area contributed by atoms with E-state index in [2.05, 4.69) is 5.32 Å². The highest BCUT2D eigenvalue weighted by atomic mass is 19.1. The molecule has 6 nitrogen and oxygen atoms in total. The highest BCUT2D eigenvalue weighted by Gasteiger charge is 2.25. The number of halogens is 1. The molecule has 1 fully saturated rings. The Morgan fingerprint density at radius 2 is 2.18 bits per heavy atom. The summed E-state index contributed by atoms with van der Waals surface area (Å²) < 4.78 is 23.6. The van der Waals surface area contributed by atoms with Gasteiger partial charge in [0.05, 0.1) is 13.7 Å². The van der Waals surface area contributed by atoms with E-state index in [0.717, 1.165) is 18.9 Å². The van der Waals surface area contributed by atoms with Crippen LogP contribution < -0.4 is 10.1 Å². The molecule has 0 spiro atoms. The van der Waals surface area contributed by atoms with Crippen molar-refractivity contribution in [3.63, 3.8) is 0 Å². The zero-order valence-electron chi connectivity index (χ0n) is 12.2. The topological polar surface area (TPSA) is 84.9 Å². The second kappa shape index (κ2) is 7.22. The van der Waals surface area contributed by atoms with Crippen molar-refractivity contribution >= 4 is 11.9 Å². The monoisotopic (exact) mass is 311 g/mol. The second-order valence-corrected chi connectivity index (χ2v) is 5.19. The van der Waals surface area contributed by atoms with Gasteiger partial charge in [0, 0.05) is 0 Å². The van der Waals surface area contributed by atoms with E-state index in [-0.39, 0.29) is 17.9 Å². The van der Waals surface area contributed by atoms with Crippen molar-refractivity contribution in [2.75, 3.05) is 20.3 Å². The van der Waals surface area contributed by atoms with Crippen LogP contribution in [0.1, 0.15) is 24.4 Å². The largest absolute Gasteiger partial charge is 0.494 e. The van der Waals surface area contributed by atoms with Gasteiger partial charge in [0.15, 0.2) is 17.6 Å². The number of amides is 1. The van der Waals surface area contributed by atoms with Crippen molar-refractivity contribution in [3.05, 3.63) is 29.6 Å². The lowest BCUT2D eigenvalue weighted by atomic mass is 10.1. The van der Waals surface area contributed by atoms with Gasteiger partial charge in [-0.3, -0.25) is 4.79 Å². The Kier molecular flexibility index (Phi) is 5.32. The molecule has 1 unspecified atom stereocenters. The smallest absolute Gasteiger partial charge is 0.330 e. The molecule has 2 N–H and O–H groups in total. The molecule has 1 aromatic rings. The molecule has 0 heterocycles. The maximum absolute atomic E-state index is 13.7. The maximum atomic E-state index is 13.7. The lowest BCUT2D eigenvalue weighted by molar-refractivity contribution is -0.142. The first-order chi connectivity index (χ1) is 10.5. The molecule has 1 aliphatic carbocycles. The van der Waals surface area contributed by atoms with E-state index in [1.807, 2.05) is 0 Å². The standard InChI is InChI=1S/C15H18FNO5/c1-21-12-5-4-10(6-11(12)16)14(15(19)20)17-13(18)8-22-7-9-2-3-9/h4-6,9,14H,2-3,7-8H2,1H3,(H,17,18)(H,19,20). The molecular weight excluding hydrogens is 293 g/mol. The molecule has 1 amide bonds. The van der Waals surface area contributed by atoms with Crippen molar-refractivity contribution in [2.24, 2.45) is 5.92 Å². The first-order valence-corrected chi connectivity index (χ1v) is 6.94. The quantitative estimate of drug-likeness (QED) is 0.760. The summed E-state index contributed by atoms with van der Waals surface area (Å²) in [6, 6.07) is 2.41. The summed E-state index contributed by atoms with van der Waals surface area (Å²) >= 11 is 0. The summed E-state index contributed by atoms with van der Waals surface area (Å²) in [5, 5.41) is 11.5. The van der Waals surface area contributed by atoms with Gasteiger partial charge in [-0.05, 0) is 36.5 Å². The molecule has 0 aliphatic heterocycles. The van der Waals surface area contributed by atoms with Crippen molar-refractivity contribution in [1.82, 2.24) is 5.32 Å². The predicted molar refractivity (Wildman–Crippen MR) is 75.0 cm³/mol. The molecule has 0 radical (unpaired) electrons. The van der Waals surface area contributed by atoms with Crippen LogP contribution in [0.15, 0.2) is 18.2 Å². The van der Waals surface area contributed by atoms with Gasteiger partial charge >= 0.3 is 5.97 Å². The van der Waals surface area contributed by atoms with Crippen molar-refractivity contribution in [1.29, 1.82) is 0 Å². The summed E-state index contributed by atoms with van der Waals surface area (Å²) in [5.74, 6) is -2.00. The molecule has 1 atom stereocenters. The number of benzene rings is 1. The third-order valence-electron chi connectivity index (χ3n) is 3.35. The van der Waals surface area contributed by atoms with Gasteiger partial charge in [0.25, 0.3) is 0 Å². The number of ether oxygens (including phenoxy) is 2. The van der Waals surface area contributed by atoms with Crippen LogP contribution in [-0.2, 0) is 14.3 Å². The van der Waals surface area contributed by atoms with Crippen molar-refractivity contribution < 1.29 is 28.6 Å². The van der Waals surface area contributed by atoms with Crippen LogP contribution in [0.4, 0.5) is 4.39 Å². The molecule has 1 aliphatic rings. The first-order valence-electron chi connectivity index (χ1n) is 6.94. The summed E-state index contributed by atoms with van der Waals surface area (Å²) in [5.41, 5.74) is 0.126. The van der Waals surface area contributed by atoms with Crippen molar-refractivity contribution in [2.45, 2.75) is 18.9 Å². The number of rotatable bonds is 8. The molecule has 1 saturated carbocycles. The zero-order chi connectivity index (χ0) is 16.1. The average Bonchev–Trinajstić information content (AvgIpc) is 3.28. The molecule has 22 heavy (non-hydrogen) atoms. The van der Waals surface area contributed by atoms with Crippen LogP contribution >= 0.6 is 0 Å². The Balaban J connectivity index is 1.97. The minimum absolute atomic E-state index is 0.00646. The van der Waals surface area contributed by atoms with E-state index in [9.17, 15) is 19.1 Å². The molecule has 0 aromatic heterocycles. The average molecular weight is 311 g/mol. The predicted octanol–water partition coefficient (Wildman–Crippen LogP) is 1.50. The number of carboxylic acid groups (broad SMARTS) is 1. The number of carboxylic acids is 1. The zero-order valence-corrected chi connectivity index (χ0v) is 12.2. The third kappa shape index (κ3) is 4.42. The minimum atomic E-state index is -1.34. The van der Waals surface area contributed by atoms with E-state index in [4.69, 9.17) is 9.47 Å². The van der Waals surface area contributed by atoms with Gasteiger partial charge in [-0.25, -0.2) is 9.18 Å². The summed E-state index contributed by atoms with van der Waals surface area (Å²) in [7, 11) is 1.31. The molecular formula is C15H18FNO5. The Morgan fingerprint density at radius 3 is 2.73 bits per heavy atom. The van der Waals surface area contributed by atoms with Crippen LogP contribution in [-0.4, -0.2) is 37.3 Å². The number of nitrogens with one attached hydrogen (secondary N) is 1. The first kappa shape index (κ1) is 16.2. The minimum Gasteiger partial charge on any atom is -0.494 e. The number of methoxy groups -OCH3 is 1. The third-order valence-corrected chi connectivity index (χ3v) is 3.35. The fraction of sp³-hybridized carbons (Fsp3) is 0.467. The van der Waals surface area contributed by atoms with Gasteiger partial charge < -0.3 is 19.9 Å².